The van der Waals surface area contributed by atoms with E-state index in [1.54, 1.807) is 0 Å². The number of hydrogen-bond donors (Lipinski definition) is 2. The Balaban J connectivity index is 1.54. The van der Waals surface area contributed by atoms with Crippen LogP contribution in [0.5, 0.6) is 5.75 Å². The van der Waals surface area contributed by atoms with E-state index < -0.39 is 5.82 Å². The summed E-state index contributed by atoms with van der Waals surface area (Å²) in [5.74, 6) is 0.416. The molecule has 1 aliphatic heterocycles. The number of piperazine rings is 1. The van der Waals surface area contributed by atoms with Crippen LogP contribution in [-0.2, 0) is 0 Å². The highest BCUT2D eigenvalue weighted by Crippen LogP contribution is 2.41. The third kappa shape index (κ3) is 4.38. The predicted octanol–water partition coefficient (Wildman–Crippen LogP) is 3.08. The van der Waals surface area contributed by atoms with E-state index in [0.29, 0.717) is 11.3 Å². The van der Waals surface area contributed by atoms with E-state index in [1.807, 2.05) is 13.0 Å². The summed E-state index contributed by atoms with van der Waals surface area (Å²) in [4.78, 5) is 13.3. The number of nitrogens with one attached hydrogen (secondary N) is 1. The largest absolute Gasteiger partial charge is 0.484 e. The predicted molar refractivity (Wildman–Crippen MR) is 116 cm³/mol. The number of hydrogen-bond acceptors (Lipinski definition) is 7. The molecule has 2 aliphatic rings. The number of nitrogens with zero attached hydrogens (tertiary/aromatic N) is 4. The van der Waals surface area contributed by atoms with Crippen LogP contribution in [0, 0.1) is 11.2 Å². The van der Waals surface area contributed by atoms with Gasteiger partial charge in [-0.15, -0.1) is 0 Å². The Labute approximate surface area is 176 Å². The summed E-state index contributed by atoms with van der Waals surface area (Å²) in [6.45, 7) is 9.02. The molecule has 2 aromatic rings. The van der Waals surface area contributed by atoms with E-state index in [9.17, 15) is 4.39 Å². The van der Waals surface area contributed by atoms with Crippen LogP contribution >= 0.6 is 0 Å². The number of benzene rings is 1. The summed E-state index contributed by atoms with van der Waals surface area (Å²) in [5, 5.41) is 8.65. The van der Waals surface area contributed by atoms with Gasteiger partial charge in [-0.05, 0) is 38.8 Å². The molecule has 2 fully saturated rings. The molecule has 160 valence electrons. The van der Waals surface area contributed by atoms with Gasteiger partial charge in [-0.1, -0.05) is 6.92 Å². The second kappa shape index (κ2) is 8.18. The minimum absolute atomic E-state index is 0.130. The molecule has 1 saturated heterocycles. The van der Waals surface area contributed by atoms with Crippen molar-refractivity contribution in [3.8, 4) is 5.75 Å². The monoisotopic (exact) mass is 412 g/mol. The lowest BCUT2D eigenvalue weighted by Gasteiger charge is -2.35. The zero-order chi connectivity index (χ0) is 21.3. The first-order valence-corrected chi connectivity index (χ1v) is 10.6. The first kappa shape index (κ1) is 20.5. The Morgan fingerprint density at radius 3 is 2.60 bits per heavy atom. The lowest BCUT2D eigenvalue weighted by Crippen LogP contribution is -2.46. The van der Waals surface area contributed by atoms with Gasteiger partial charge in [0.25, 0.3) is 0 Å². The number of nitrogen functional groups attached to an aromatic ring is 1. The molecule has 0 amide bonds. The lowest BCUT2D eigenvalue weighted by molar-refractivity contribution is 0.191. The molecule has 4 rings (SSSR count). The van der Waals surface area contributed by atoms with Gasteiger partial charge >= 0.3 is 0 Å². The van der Waals surface area contributed by atoms with E-state index in [2.05, 4.69) is 26.7 Å². The molecular weight excluding hydrogens is 383 g/mol. The van der Waals surface area contributed by atoms with Crippen LogP contribution < -0.4 is 15.4 Å². The molecule has 3 N–H and O–H groups in total. The Kier molecular flexibility index (Phi) is 5.60. The quantitative estimate of drug-likeness (QED) is 0.536. The van der Waals surface area contributed by atoms with Gasteiger partial charge in [0.1, 0.15) is 17.7 Å². The second-order valence-corrected chi connectivity index (χ2v) is 8.39. The van der Waals surface area contributed by atoms with Gasteiger partial charge in [-0.25, -0.2) is 14.4 Å². The van der Waals surface area contributed by atoms with Crippen LogP contribution in [0.4, 0.5) is 15.9 Å². The SMILES string of the molecule is CCCN1CCN(c2cc(C(=N)c3cc(OC4(C)CC4)c(F)cc3N)ncn2)CC1. The lowest BCUT2D eigenvalue weighted by atomic mass is 10.0. The van der Waals surface area contributed by atoms with Crippen LogP contribution in [0.1, 0.15) is 44.4 Å². The molecule has 1 saturated carbocycles. The Morgan fingerprint density at radius 2 is 1.93 bits per heavy atom. The van der Waals surface area contributed by atoms with Crippen molar-refractivity contribution >= 4 is 17.2 Å². The highest BCUT2D eigenvalue weighted by molar-refractivity contribution is 6.13. The van der Waals surface area contributed by atoms with E-state index in [-0.39, 0.29) is 22.7 Å². The maximum absolute atomic E-state index is 14.3. The first-order chi connectivity index (χ1) is 14.4. The summed E-state index contributed by atoms with van der Waals surface area (Å²) in [6.07, 6.45) is 4.41. The van der Waals surface area contributed by atoms with E-state index in [4.69, 9.17) is 15.9 Å². The fraction of sp³-hybridized carbons (Fsp3) is 0.500. The summed E-state index contributed by atoms with van der Waals surface area (Å²) < 4.78 is 20.1. The molecule has 8 heteroatoms. The molecule has 1 aromatic heterocycles. The number of nitrogens with two attached hydrogens (primary N) is 1. The maximum Gasteiger partial charge on any atom is 0.167 e. The average molecular weight is 413 g/mol. The Morgan fingerprint density at radius 1 is 1.20 bits per heavy atom. The number of aromatic nitrogens is 2. The van der Waals surface area contributed by atoms with Crippen LogP contribution in [0.15, 0.2) is 24.5 Å². The van der Waals surface area contributed by atoms with Gasteiger partial charge in [-0.2, -0.15) is 0 Å². The van der Waals surface area contributed by atoms with Gasteiger partial charge in [0.05, 0.1) is 11.4 Å². The van der Waals surface area contributed by atoms with Crippen molar-refractivity contribution < 1.29 is 9.13 Å². The zero-order valence-electron chi connectivity index (χ0n) is 17.6. The van der Waals surface area contributed by atoms with Gasteiger partial charge < -0.3 is 15.4 Å². The third-order valence-electron chi connectivity index (χ3n) is 5.83. The number of anilines is 2. The van der Waals surface area contributed by atoms with Gasteiger partial charge in [0, 0.05) is 49.6 Å². The van der Waals surface area contributed by atoms with Crippen LogP contribution in [0.25, 0.3) is 0 Å². The Hall–Kier alpha value is -2.74. The van der Waals surface area contributed by atoms with E-state index in [1.165, 1.54) is 18.5 Å². The van der Waals surface area contributed by atoms with Crippen LogP contribution in [-0.4, -0.2) is 58.9 Å². The van der Waals surface area contributed by atoms with Gasteiger partial charge in [0.15, 0.2) is 11.6 Å². The minimum atomic E-state index is -0.509. The van der Waals surface area contributed by atoms with Gasteiger partial charge in [0.2, 0.25) is 0 Å². The van der Waals surface area contributed by atoms with Crippen molar-refractivity contribution in [2.45, 2.75) is 38.7 Å². The molecule has 1 aromatic carbocycles. The van der Waals surface area contributed by atoms with Crippen LogP contribution in [0.2, 0.25) is 0 Å². The standard InChI is InChI=1S/C22H29FN6O/c1-3-6-28-7-9-29(10-8-28)20-13-18(26-14-27-20)21(25)15-11-19(16(23)12-17(15)24)30-22(2)4-5-22/h11-14,25H,3-10,24H2,1-2H3. The van der Waals surface area contributed by atoms with Crippen LogP contribution in [0.3, 0.4) is 0 Å². The average Bonchev–Trinajstić information content (AvgIpc) is 3.47. The highest BCUT2D eigenvalue weighted by Gasteiger charge is 2.40. The smallest absolute Gasteiger partial charge is 0.167 e. The van der Waals surface area contributed by atoms with Gasteiger partial charge in [-0.3, -0.25) is 10.3 Å². The van der Waals surface area contributed by atoms with Crippen molar-refractivity contribution in [1.29, 1.82) is 5.41 Å². The maximum atomic E-state index is 14.3. The van der Waals surface area contributed by atoms with Crippen molar-refractivity contribution in [1.82, 2.24) is 14.9 Å². The van der Waals surface area contributed by atoms with E-state index in [0.717, 1.165) is 57.8 Å². The summed E-state index contributed by atoms with van der Waals surface area (Å²) in [7, 11) is 0. The van der Waals surface area contributed by atoms with Crippen molar-refractivity contribution in [2.75, 3.05) is 43.4 Å². The number of ether oxygens (including phenoxy) is 1. The summed E-state index contributed by atoms with van der Waals surface area (Å²) >= 11 is 0. The number of halogens is 1. The molecule has 0 radical (unpaired) electrons. The normalized spacial score (nSPS) is 18.3. The molecule has 0 atom stereocenters. The Bertz CT molecular complexity index is 937. The first-order valence-electron chi connectivity index (χ1n) is 10.6. The summed E-state index contributed by atoms with van der Waals surface area (Å²) in [5.41, 5.74) is 6.91. The zero-order valence-corrected chi connectivity index (χ0v) is 17.6. The van der Waals surface area contributed by atoms with Crippen molar-refractivity contribution in [3.05, 3.63) is 41.6 Å². The molecule has 0 bridgehead atoms. The fourth-order valence-corrected chi connectivity index (χ4v) is 3.72. The molecule has 1 aliphatic carbocycles. The molecule has 30 heavy (non-hydrogen) atoms. The van der Waals surface area contributed by atoms with Crippen molar-refractivity contribution in [2.24, 2.45) is 0 Å². The molecule has 7 nitrogen and oxygen atoms in total. The fourth-order valence-electron chi connectivity index (χ4n) is 3.72. The van der Waals surface area contributed by atoms with E-state index >= 15 is 0 Å². The molecule has 0 unspecified atom stereocenters. The molecular formula is C22H29FN6O. The van der Waals surface area contributed by atoms with Crippen molar-refractivity contribution in [3.63, 3.8) is 0 Å². The molecule has 2 heterocycles. The topological polar surface area (TPSA) is 91.4 Å². The summed E-state index contributed by atoms with van der Waals surface area (Å²) in [6, 6.07) is 4.55. The minimum Gasteiger partial charge on any atom is -0.484 e. The number of rotatable bonds is 7. The molecule has 0 spiro atoms. The second-order valence-electron chi connectivity index (χ2n) is 8.39. The third-order valence-corrected chi connectivity index (χ3v) is 5.83. The highest BCUT2D eigenvalue weighted by atomic mass is 19.1.